The number of alkyl halides is 2. The van der Waals surface area contributed by atoms with Crippen molar-refractivity contribution in [1.29, 1.82) is 0 Å². The van der Waals surface area contributed by atoms with E-state index in [1.807, 2.05) is 28.8 Å². The van der Waals surface area contributed by atoms with E-state index in [0.29, 0.717) is 18.5 Å². The van der Waals surface area contributed by atoms with Gasteiger partial charge in [0.05, 0.1) is 12.2 Å². The monoisotopic (exact) mass is 414 g/mol. The van der Waals surface area contributed by atoms with Crippen LogP contribution in [-0.4, -0.2) is 38.4 Å². The molecule has 1 N–H and O–H groups in total. The molecule has 0 saturated carbocycles. The van der Waals surface area contributed by atoms with E-state index in [1.165, 1.54) is 17.0 Å². The number of amides is 3. The van der Waals surface area contributed by atoms with E-state index in [1.54, 1.807) is 25.3 Å². The van der Waals surface area contributed by atoms with E-state index in [-0.39, 0.29) is 18.2 Å². The van der Waals surface area contributed by atoms with Crippen molar-refractivity contribution in [3.05, 3.63) is 66.1 Å². The van der Waals surface area contributed by atoms with Crippen molar-refractivity contribution in [3.8, 4) is 5.75 Å². The van der Waals surface area contributed by atoms with E-state index in [0.717, 1.165) is 11.2 Å². The Morgan fingerprint density at radius 1 is 1.17 bits per heavy atom. The van der Waals surface area contributed by atoms with Gasteiger partial charge in [0.2, 0.25) is 0 Å². The van der Waals surface area contributed by atoms with Crippen LogP contribution in [0, 0.1) is 0 Å². The van der Waals surface area contributed by atoms with E-state index in [4.69, 9.17) is 0 Å². The van der Waals surface area contributed by atoms with Crippen LogP contribution in [-0.2, 0) is 17.8 Å². The smallest absolute Gasteiger partial charge is 0.387 e. The number of urea groups is 1. The minimum atomic E-state index is -2.88. The molecule has 1 aliphatic rings. The molecule has 30 heavy (non-hydrogen) atoms. The molecule has 0 spiro atoms. The molecular formula is C21H20F2N4O3. The van der Waals surface area contributed by atoms with Crippen molar-refractivity contribution in [2.75, 3.05) is 0 Å². The van der Waals surface area contributed by atoms with Gasteiger partial charge in [-0.2, -0.15) is 8.78 Å². The Morgan fingerprint density at radius 3 is 2.63 bits per heavy atom. The van der Waals surface area contributed by atoms with Gasteiger partial charge in [-0.05, 0) is 49.6 Å². The second-order valence-corrected chi connectivity index (χ2v) is 7.37. The molecule has 3 heterocycles. The maximum atomic E-state index is 13.0. The number of rotatable bonds is 7. The highest BCUT2D eigenvalue weighted by molar-refractivity contribution is 6.06. The van der Waals surface area contributed by atoms with Crippen LogP contribution in [0.25, 0.3) is 5.65 Å². The van der Waals surface area contributed by atoms with Gasteiger partial charge in [0.1, 0.15) is 16.9 Å². The third-order valence-electron chi connectivity index (χ3n) is 5.14. The Labute approximate surface area is 171 Å². The zero-order valence-corrected chi connectivity index (χ0v) is 16.2. The molecular weight excluding hydrogens is 394 g/mol. The fourth-order valence-electron chi connectivity index (χ4n) is 3.52. The third-order valence-corrected chi connectivity index (χ3v) is 5.14. The van der Waals surface area contributed by atoms with Gasteiger partial charge in [0.15, 0.2) is 0 Å². The normalized spacial score (nSPS) is 19.0. The lowest BCUT2D eigenvalue weighted by Crippen LogP contribution is -2.44. The highest BCUT2D eigenvalue weighted by Crippen LogP contribution is 2.25. The fraction of sp³-hybridized carbons (Fsp3) is 0.286. The lowest BCUT2D eigenvalue weighted by atomic mass is 9.93. The maximum Gasteiger partial charge on any atom is 0.387 e. The molecule has 3 aromatic rings. The van der Waals surface area contributed by atoms with Crippen LogP contribution < -0.4 is 10.1 Å². The van der Waals surface area contributed by atoms with Crippen LogP contribution in [0.3, 0.4) is 0 Å². The summed E-state index contributed by atoms with van der Waals surface area (Å²) in [5.41, 5.74) is 1.15. The Morgan fingerprint density at radius 2 is 1.93 bits per heavy atom. The number of ether oxygens (including phenoxy) is 1. The number of hydrogen-bond donors (Lipinski definition) is 1. The quantitative estimate of drug-likeness (QED) is 0.602. The van der Waals surface area contributed by atoms with Gasteiger partial charge in [0.25, 0.3) is 5.91 Å². The number of nitrogens with one attached hydrogen (secondary N) is 1. The van der Waals surface area contributed by atoms with Gasteiger partial charge >= 0.3 is 12.6 Å². The summed E-state index contributed by atoms with van der Waals surface area (Å²) in [6.07, 6.45) is 4.49. The summed E-state index contributed by atoms with van der Waals surface area (Å²) in [5, 5.41) is 2.77. The molecule has 1 aromatic carbocycles. The summed E-state index contributed by atoms with van der Waals surface area (Å²) >= 11 is 0. The molecule has 4 rings (SSSR count). The van der Waals surface area contributed by atoms with Crippen LogP contribution in [0.5, 0.6) is 5.75 Å². The van der Waals surface area contributed by atoms with E-state index < -0.39 is 18.2 Å². The van der Waals surface area contributed by atoms with Gasteiger partial charge in [-0.1, -0.05) is 18.2 Å². The number of benzene rings is 1. The molecule has 9 heteroatoms. The van der Waals surface area contributed by atoms with Crippen LogP contribution in [0.1, 0.15) is 24.6 Å². The second-order valence-electron chi connectivity index (χ2n) is 7.37. The Balaban J connectivity index is 1.41. The Kier molecular flexibility index (Phi) is 5.11. The first-order chi connectivity index (χ1) is 14.3. The van der Waals surface area contributed by atoms with Gasteiger partial charge in [0, 0.05) is 12.4 Å². The average Bonchev–Trinajstić information content (AvgIpc) is 3.21. The zero-order valence-electron chi connectivity index (χ0n) is 16.2. The van der Waals surface area contributed by atoms with E-state index in [2.05, 4.69) is 15.0 Å². The van der Waals surface area contributed by atoms with E-state index >= 15 is 0 Å². The molecule has 1 saturated heterocycles. The number of hydrogen-bond acceptors (Lipinski definition) is 4. The molecule has 0 radical (unpaired) electrons. The number of pyridine rings is 1. The number of imidazole rings is 1. The molecule has 1 fully saturated rings. The standard InChI is InChI=1S/C21H20F2N4O3/c1-21(10-9-14-5-7-16(8-6-14)30-19(22)23)18(28)27(20(29)25-21)13-15-12-26-11-3-2-4-17(26)24-15/h2-8,11-12,19H,9-10,13H2,1H3,(H,25,29). The Bertz CT molecular complexity index is 1050. The Hall–Kier alpha value is -3.49. The summed E-state index contributed by atoms with van der Waals surface area (Å²) in [4.78, 5) is 31.0. The summed E-state index contributed by atoms with van der Waals surface area (Å²) in [6, 6.07) is 11.4. The summed E-state index contributed by atoms with van der Waals surface area (Å²) in [7, 11) is 0. The van der Waals surface area contributed by atoms with Crippen LogP contribution in [0.15, 0.2) is 54.9 Å². The summed E-state index contributed by atoms with van der Waals surface area (Å²) in [6.45, 7) is -1.10. The molecule has 7 nitrogen and oxygen atoms in total. The highest BCUT2D eigenvalue weighted by atomic mass is 19.3. The van der Waals surface area contributed by atoms with Crippen LogP contribution in [0.2, 0.25) is 0 Å². The largest absolute Gasteiger partial charge is 0.435 e. The van der Waals surface area contributed by atoms with Crippen molar-refractivity contribution in [2.45, 2.75) is 38.5 Å². The van der Waals surface area contributed by atoms with Crippen molar-refractivity contribution < 1.29 is 23.1 Å². The predicted octanol–water partition coefficient (Wildman–Crippen LogP) is 3.38. The van der Waals surface area contributed by atoms with Gasteiger partial charge in [-0.25, -0.2) is 9.78 Å². The zero-order chi connectivity index (χ0) is 21.3. The molecule has 0 bridgehead atoms. The van der Waals surface area contributed by atoms with E-state index in [9.17, 15) is 18.4 Å². The number of imide groups is 1. The SMILES string of the molecule is CC1(CCc2ccc(OC(F)F)cc2)NC(=O)N(Cc2cn3ccccc3n2)C1=O. The molecule has 1 aliphatic heterocycles. The molecule has 1 unspecified atom stereocenters. The number of carbonyl (C=O) groups is 2. The van der Waals surface area contributed by atoms with Crippen LogP contribution in [0.4, 0.5) is 13.6 Å². The van der Waals surface area contributed by atoms with Crippen molar-refractivity contribution >= 4 is 17.6 Å². The lowest BCUT2D eigenvalue weighted by Gasteiger charge is -2.21. The molecule has 1 atom stereocenters. The van der Waals surface area contributed by atoms with Crippen molar-refractivity contribution in [3.63, 3.8) is 0 Å². The molecule has 2 aromatic heterocycles. The molecule has 3 amide bonds. The van der Waals surface area contributed by atoms with Crippen molar-refractivity contribution in [1.82, 2.24) is 19.6 Å². The first-order valence-corrected chi connectivity index (χ1v) is 9.44. The number of nitrogens with zero attached hydrogens (tertiary/aromatic N) is 3. The minimum absolute atomic E-state index is 0.0730. The van der Waals surface area contributed by atoms with Gasteiger partial charge in [-0.3, -0.25) is 9.69 Å². The second kappa shape index (κ2) is 7.74. The fourth-order valence-corrected chi connectivity index (χ4v) is 3.52. The minimum Gasteiger partial charge on any atom is -0.435 e. The number of halogens is 2. The number of aryl methyl sites for hydroxylation is 1. The topological polar surface area (TPSA) is 75.9 Å². The van der Waals surface area contributed by atoms with Gasteiger partial charge < -0.3 is 14.5 Å². The van der Waals surface area contributed by atoms with Crippen LogP contribution >= 0.6 is 0 Å². The third kappa shape index (κ3) is 3.96. The molecule has 0 aliphatic carbocycles. The first kappa shape index (κ1) is 19.8. The first-order valence-electron chi connectivity index (χ1n) is 9.44. The number of carbonyl (C=O) groups excluding carboxylic acids is 2. The summed E-state index contributed by atoms with van der Waals surface area (Å²) < 4.78 is 30.7. The molecule has 156 valence electrons. The summed E-state index contributed by atoms with van der Waals surface area (Å²) in [5.74, 6) is -0.244. The average molecular weight is 414 g/mol. The predicted molar refractivity (Wildman–Crippen MR) is 104 cm³/mol. The number of fused-ring (bicyclic) bond motifs is 1. The number of aromatic nitrogens is 2. The highest BCUT2D eigenvalue weighted by Gasteiger charge is 2.47. The lowest BCUT2D eigenvalue weighted by molar-refractivity contribution is -0.131. The van der Waals surface area contributed by atoms with Crippen molar-refractivity contribution in [2.24, 2.45) is 0 Å². The van der Waals surface area contributed by atoms with Gasteiger partial charge in [-0.15, -0.1) is 0 Å². The maximum absolute atomic E-state index is 13.0.